The molecule has 1 nitrogen and oxygen atoms in total. The van der Waals surface area contributed by atoms with E-state index in [9.17, 15) is 4.79 Å². The number of carbonyl (C=O) groups is 1. The van der Waals surface area contributed by atoms with Gasteiger partial charge in [0.05, 0.1) is 0 Å². The lowest BCUT2D eigenvalue weighted by atomic mass is 9.71. The summed E-state index contributed by atoms with van der Waals surface area (Å²) in [5.41, 5.74) is 0.0184. The Hall–Kier alpha value is -0.330. The summed E-state index contributed by atoms with van der Waals surface area (Å²) >= 11 is 0. The van der Waals surface area contributed by atoms with Crippen molar-refractivity contribution in [3.05, 3.63) is 0 Å². The number of ketones is 1. The molecule has 0 aromatic carbocycles. The van der Waals surface area contributed by atoms with Gasteiger partial charge in [0.1, 0.15) is 5.78 Å². The van der Waals surface area contributed by atoms with Crippen molar-refractivity contribution in [2.75, 3.05) is 0 Å². The van der Waals surface area contributed by atoms with Crippen LogP contribution in [0.1, 0.15) is 39.5 Å². The Morgan fingerprint density at radius 3 is 2.62 bits per heavy atom. The largest absolute Gasteiger partial charge is 0.299 e. The molecule has 0 N–H and O–H groups in total. The van der Waals surface area contributed by atoms with Gasteiger partial charge in [0, 0.05) is 11.8 Å². The second-order valence-electron chi connectivity index (χ2n) is 5.87. The highest BCUT2D eigenvalue weighted by Gasteiger charge is 2.59. The third-order valence-electron chi connectivity index (χ3n) is 5.06. The van der Waals surface area contributed by atoms with Crippen LogP contribution in [0.25, 0.3) is 0 Å². The molecular formula is C12H18O. The Kier molecular flexibility index (Phi) is 1.35. The van der Waals surface area contributed by atoms with E-state index in [1.807, 2.05) is 0 Å². The molecule has 4 unspecified atom stereocenters. The molecule has 3 saturated carbocycles. The van der Waals surface area contributed by atoms with Crippen LogP contribution in [0.2, 0.25) is 0 Å². The maximum atomic E-state index is 11.8. The Morgan fingerprint density at radius 2 is 1.92 bits per heavy atom. The highest BCUT2D eigenvalue weighted by molar-refractivity contribution is 5.87. The molecule has 3 aliphatic rings. The molecular weight excluding hydrogens is 160 g/mol. The van der Waals surface area contributed by atoms with Gasteiger partial charge in [0.15, 0.2) is 0 Å². The third kappa shape index (κ3) is 0.812. The zero-order valence-electron chi connectivity index (χ0n) is 8.55. The molecule has 0 spiro atoms. The number of rotatable bonds is 0. The van der Waals surface area contributed by atoms with Gasteiger partial charge < -0.3 is 0 Å². The van der Waals surface area contributed by atoms with E-state index >= 15 is 0 Å². The predicted octanol–water partition coefficient (Wildman–Crippen LogP) is 2.65. The maximum absolute atomic E-state index is 11.8. The summed E-state index contributed by atoms with van der Waals surface area (Å²) < 4.78 is 0. The van der Waals surface area contributed by atoms with Crippen LogP contribution < -0.4 is 0 Å². The summed E-state index contributed by atoms with van der Waals surface area (Å²) in [5, 5.41) is 0. The fourth-order valence-corrected chi connectivity index (χ4v) is 4.49. The van der Waals surface area contributed by atoms with Gasteiger partial charge in [-0.15, -0.1) is 0 Å². The molecule has 0 aromatic heterocycles. The molecule has 4 atom stereocenters. The molecule has 3 fully saturated rings. The normalized spacial score (nSPS) is 51.4. The van der Waals surface area contributed by atoms with Crippen molar-refractivity contribution in [3.8, 4) is 0 Å². The average Bonchev–Trinajstić information content (AvgIpc) is 2.66. The van der Waals surface area contributed by atoms with E-state index in [0.29, 0.717) is 5.78 Å². The number of fused-ring (bicyclic) bond motifs is 5. The van der Waals surface area contributed by atoms with Gasteiger partial charge in [-0.25, -0.2) is 0 Å². The highest BCUT2D eigenvalue weighted by atomic mass is 16.1. The molecule has 0 radical (unpaired) electrons. The lowest BCUT2D eigenvalue weighted by Gasteiger charge is -2.32. The van der Waals surface area contributed by atoms with Crippen LogP contribution in [0.5, 0.6) is 0 Å². The standard InChI is InChI=1S/C12H18O/c1-12(2)10(13)6-9-7-3-4-8(5-7)11(9)12/h7-9,11H,3-6H2,1-2H3. The van der Waals surface area contributed by atoms with Crippen LogP contribution >= 0.6 is 0 Å². The maximum Gasteiger partial charge on any atom is 0.139 e. The second kappa shape index (κ2) is 2.18. The topological polar surface area (TPSA) is 17.1 Å². The number of Topliss-reactive ketones (excluding diaryl/α,β-unsaturated/α-hetero) is 1. The van der Waals surface area contributed by atoms with Gasteiger partial charge in [-0.2, -0.15) is 0 Å². The molecule has 0 aromatic rings. The summed E-state index contributed by atoms with van der Waals surface area (Å²) in [4.78, 5) is 11.8. The number of hydrogen-bond acceptors (Lipinski definition) is 1. The molecule has 0 amide bonds. The first-order chi connectivity index (χ1) is 6.10. The SMILES string of the molecule is CC1(C)C(=O)CC2C3CCC(C3)C21. The Balaban J connectivity index is 2.00. The van der Waals surface area contributed by atoms with Crippen molar-refractivity contribution in [1.82, 2.24) is 0 Å². The van der Waals surface area contributed by atoms with E-state index in [0.717, 1.165) is 30.1 Å². The zero-order valence-corrected chi connectivity index (χ0v) is 8.55. The lowest BCUT2D eigenvalue weighted by Crippen LogP contribution is -2.30. The second-order valence-corrected chi connectivity index (χ2v) is 5.87. The highest BCUT2D eigenvalue weighted by Crippen LogP contribution is 2.63. The summed E-state index contributed by atoms with van der Waals surface area (Å²) in [5.74, 6) is 3.89. The molecule has 0 saturated heterocycles. The smallest absolute Gasteiger partial charge is 0.139 e. The summed E-state index contributed by atoms with van der Waals surface area (Å²) in [6.45, 7) is 4.36. The quantitative estimate of drug-likeness (QED) is 0.557. The van der Waals surface area contributed by atoms with Crippen LogP contribution in [0.15, 0.2) is 0 Å². The first kappa shape index (κ1) is 8.02. The van der Waals surface area contributed by atoms with Gasteiger partial charge >= 0.3 is 0 Å². The number of hydrogen-bond donors (Lipinski definition) is 0. The van der Waals surface area contributed by atoms with Crippen LogP contribution in [0.3, 0.4) is 0 Å². The summed E-state index contributed by atoms with van der Waals surface area (Å²) in [6.07, 6.45) is 5.16. The summed E-state index contributed by atoms with van der Waals surface area (Å²) in [7, 11) is 0. The third-order valence-corrected chi connectivity index (χ3v) is 5.06. The zero-order chi connectivity index (χ0) is 9.22. The number of carbonyl (C=O) groups excluding carboxylic acids is 1. The molecule has 3 aliphatic carbocycles. The molecule has 0 heterocycles. The van der Waals surface area contributed by atoms with Crippen LogP contribution in [0, 0.1) is 29.1 Å². The van der Waals surface area contributed by atoms with Crippen LogP contribution in [0.4, 0.5) is 0 Å². The van der Waals surface area contributed by atoms with Crippen molar-refractivity contribution >= 4 is 5.78 Å². The minimum absolute atomic E-state index is 0.0184. The molecule has 1 heteroatoms. The van der Waals surface area contributed by atoms with E-state index in [1.54, 1.807) is 0 Å². The van der Waals surface area contributed by atoms with E-state index in [4.69, 9.17) is 0 Å². The predicted molar refractivity (Wildman–Crippen MR) is 51.2 cm³/mol. The first-order valence-corrected chi connectivity index (χ1v) is 5.64. The van der Waals surface area contributed by atoms with Crippen molar-refractivity contribution < 1.29 is 4.79 Å². The van der Waals surface area contributed by atoms with Crippen LogP contribution in [-0.4, -0.2) is 5.78 Å². The average molecular weight is 178 g/mol. The molecule has 3 rings (SSSR count). The van der Waals surface area contributed by atoms with Crippen molar-refractivity contribution in [2.45, 2.75) is 39.5 Å². The molecule has 2 bridgehead atoms. The van der Waals surface area contributed by atoms with Crippen molar-refractivity contribution in [2.24, 2.45) is 29.1 Å². The molecule has 0 aliphatic heterocycles. The Morgan fingerprint density at radius 1 is 1.23 bits per heavy atom. The Bertz CT molecular complexity index is 266. The van der Waals surface area contributed by atoms with E-state index < -0.39 is 0 Å². The Labute approximate surface area is 79.9 Å². The first-order valence-electron chi connectivity index (χ1n) is 5.64. The molecule has 13 heavy (non-hydrogen) atoms. The fourth-order valence-electron chi connectivity index (χ4n) is 4.49. The summed E-state index contributed by atoms with van der Waals surface area (Å²) in [6, 6.07) is 0. The fraction of sp³-hybridized carbons (Fsp3) is 0.917. The van der Waals surface area contributed by atoms with Gasteiger partial charge in [-0.05, 0) is 42.9 Å². The minimum Gasteiger partial charge on any atom is -0.299 e. The van der Waals surface area contributed by atoms with E-state index in [-0.39, 0.29) is 5.41 Å². The lowest BCUT2D eigenvalue weighted by molar-refractivity contribution is -0.126. The van der Waals surface area contributed by atoms with Crippen LogP contribution in [-0.2, 0) is 4.79 Å². The van der Waals surface area contributed by atoms with Crippen molar-refractivity contribution in [1.29, 1.82) is 0 Å². The van der Waals surface area contributed by atoms with Gasteiger partial charge in [-0.1, -0.05) is 13.8 Å². The van der Waals surface area contributed by atoms with Crippen molar-refractivity contribution in [3.63, 3.8) is 0 Å². The van der Waals surface area contributed by atoms with Gasteiger partial charge in [0.25, 0.3) is 0 Å². The molecule has 72 valence electrons. The minimum atomic E-state index is 0.0184. The monoisotopic (exact) mass is 178 g/mol. The van der Waals surface area contributed by atoms with Gasteiger partial charge in [0.2, 0.25) is 0 Å². The van der Waals surface area contributed by atoms with E-state index in [2.05, 4.69) is 13.8 Å². The van der Waals surface area contributed by atoms with E-state index in [1.165, 1.54) is 19.3 Å². The van der Waals surface area contributed by atoms with Gasteiger partial charge in [-0.3, -0.25) is 4.79 Å².